The Morgan fingerprint density at radius 2 is 1.54 bits per heavy atom. The van der Waals surface area contributed by atoms with Crippen molar-refractivity contribution in [2.45, 2.75) is 26.3 Å². The van der Waals surface area contributed by atoms with Gasteiger partial charge in [-0.15, -0.1) is 0 Å². The van der Waals surface area contributed by atoms with Gasteiger partial charge in [-0.05, 0) is 0 Å². The standard InChI is InChI=1S/C15H15F3INO3S/c1-10-8-11(2)14(12(3)9-10)19(13-4-6-20-7-5-13)23-24(21,22)15(16,17)18/h4-9H,1-3H3. The monoisotopic (exact) mass is 473 g/mol. The molecular formula is C15H15F3INO3S. The van der Waals surface area contributed by atoms with Crippen LogP contribution in [0, 0.1) is 27.9 Å². The number of hydrogen-bond donors (Lipinski definition) is 0. The fraction of sp³-hybridized carbons (Fsp3) is 0.267. The average Bonchev–Trinajstić information content (AvgIpc) is 2.44. The van der Waals surface area contributed by atoms with Crippen LogP contribution in [-0.4, -0.2) is 18.9 Å². The van der Waals surface area contributed by atoms with Gasteiger partial charge in [0.1, 0.15) is 0 Å². The summed E-state index contributed by atoms with van der Waals surface area (Å²) < 4.78 is 67.2. The first-order chi connectivity index (χ1) is 11.0. The van der Waals surface area contributed by atoms with Gasteiger partial charge in [0.25, 0.3) is 0 Å². The molecule has 1 aromatic carbocycles. The van der Waals surface area contributed by atoms with Gasteiger partial charge in [-0.25, -0.2) is 0 Å². The van der Waals surface area contributed by atoms with Crippen molar-refractivity contribution >= 4 is 30.4 Å². The zero-order valence-corrected chi connectivity index (χ0v) is 16.0. The summed E-state index contributed by atoms with van der Waals surface area (Å²) in [5.41, 5.74) is -3.08. The molecule has 0 saturated carbocycles. The van der Waals surface area contributed by atoms with Crippen LogP contribution >= 0.6 is 20.2 Å². The van der Waals surface area contributed by atoms with Crippen LogP contribution in [0.3, 0.4) is 0 Å². The van der Waals surface area contributed by atoms with Crippen LogP contribution in [-0.2, 0) is 12.6 Å². The van der Waals surface area contributed by atoms with E-state index in [0.717, 1.165) is 5.56 Å². The van der Waals surface area contributed by atoms with Crippen molar-refractivity contribution in [2.24, 2.45) is 0 Å². The molecule has 0 unspecified atom stereocenters. The Morgan fingerprint density at radius 3 is 2.00 bits per heavy atom. The number of pyridine rings is 1. The number of hydrogen-bond acceptors (Lipinski definition) is 4. The summed E-state index contributed by atoms with van der Waals surface area (Å²) >= 11 is -3.34. The molecule has 0 atom stereocenters. The molecule has 0 N–H and O–H groups in total. The van der Waals surface area contributed by atoms with E-state index < -0.39 is 35.9 Å². The van der Waals surface area contributed by atoms with E-state index in [0.29, 0.717) is 18.3 Å². The molecule has 0 aliphatic heterocycles. The third-order valence-electron chi connectivity index (χ3n) is 3.02. The third kappa shape index (κ3) is 4.06. The second kappa shape index (κ2) is 6.96. The molecule has 9 heteroatoms. The van der Waals surface area contributed by atoms with Crippen LogP contribution in [0.25, 0.3) is 0 Å². The normalized spacial score (nSPS) is 13.0. The SMILES string of the molecule is Cc1cc(C)c(I(OS(=O)(=O)C(F)(F)F)c2ccncc2)c(C)c1. The van der Waals surface area contributed by atoms with E-state index in [1.54, 1.807) is 26.0 Å². The molecule has 2 aromatic rings. The van der Waals surface area contributed by atoms with Gasteiger partial charge in [0.05, 0.1) is 0 Å². The zero-order chi connectivity index (χ0) is 18.1. The summed E-state index contributed by atoms with van der Waals surface area (Å²) in [5, 5.41) is 0. The number of benzene rings is 1. The van der Waals surface area contributed by atoms with Crippen LogP contribution in [0.4, 0.5) is 13.2 Å². The predicted molar refractivity (Wildman–Crippen MR) is 92.4 cm³/mol. The molecule has 132 valence electrons. The first kappa shape index (κ1) is 19.1. The Bertz CT molecular complexity index is 816. The number of aromatic nitrogens is 1. The molecule has 24 heavy (non-hydrogen) atoms. The molecule has 0 amide bonds. The van der Waals surface area contributed by atoms with E-state index in [4.69, 9.17) is 2.51 Å². The molecule has 0 radical (unpaired) electrons. The fourth-order valence-electron chi connectivity index (χ4n) is 2.18. The molecule has 4 nitrogen and oxygen atoms in total. The number of halogens is 4. The Kier molecular flexibility index (Phi) is 5.55. The maximum absolute atomic E-state index is 12.8. The maximum atomic E-state index is 12.8. The fourth-order valence-corrected chi connectivity index (χ4v) is 9.20. The van der Waals surface area contributed by atoms with Crippen molar-refractivity contribution in [3.63, 3.8) is 0 Å². The molecule has 0 bridgehead atoms. The quantitative estimate of drug-likeness (QED) is 0.490. The first-order valence-electron chi connectivity index (χ1n) is 6.72. The van der Waals surface area contributed by atoms with Gasteiger partial charge >= 0.3 is 146 Å². The van der Waals surface area contributed by atoms with Crippen LogP contribution in [0.5, 0.6) is 0 Å². The molecule has 0 spiro atoms. The number of rotatable bonds is 4. The van der Waals surface area contributed by atoms with Gasteiger partial charge in [0.15, 0.2) is 0 Å². The van der Waals surface area contributed by atoms with Gasteiger partial charge in [-0.1, -0.05) is 0 Å². The van der Waals surface area contributed by atoms with E-state index in [9.17, 15) is 21.6 Å². The Morgan fingerprint density at radius 1 is 1.04 bits per heavy atom. The van der Waals surface area contributed by atoms with E-state index >= 15 is 0 Å². The molecule has 0 aliphatic rings. The molecule has 1 heterocycles. The van der Waals surface area contributed by atoms with Crippen LogP contribution in [0.2, 0.25) is 0 Å². The van der Waals surface area contributed by atoms with Crippen molar-refractivity contribution in [1.29, 1.82) is 0 Å². The van der Waals surface area contributed by atoms with Gasteiger partial charge in [-0.2, -0.15) is 0 Å². The van der Waals surface area contributed by atoms with Crippen molar-refractivity contribution in [3.05, 3.63) is 60.5 Å². The Balaban J connectivity index is 2.62. The Labute approximate surface area is 146 Å². The molecule has 0 saturated heterocycles. The van der Waals surface area contributed by atoms with E-state index in [2.05, 4.69) is 4.98 Å². The molecule has 2 rings (SSSR count). The molecule has 1 aromatic heterocycles. The van der Waals surface area contributed by atoms with E-state index in [-0.39, 0.29) is 0 Å². The van der Waals surface area contributed by atoms with Crippen molar-refractivity contribution < 1.29 is 24.1 Å². The minimum atomic E-state index is -5.69. The minimum absolute atomic E-state index is 0.428. The van der Waals surface area contributed by atoms with Gasteiger partial charge in [0.2, 0.25) is 0 Å². The number of nitrogens with zero attached hydrogens (tertiary/aromatic N) is 1. The van der Waals surface area contributed by atoms with Gasteiger partial charge in [0, 0.05) is 0 Å². The second-order valence-electron chi connectivity index (χ2n) is 5.09. The number of alkyl halides is 3. The second-order valence-corrected chi connectivity index (χ2v) is 11.4. The summed E-state index contributed by atoms with van der Waals surface area (Å²) in [7, 11) is -5.69. The van der Waals surface area contributed by atoms with Crippen molar-refractivity contribution in [3.8, 4) is 0 Å². The summed E-state index contributed by atoms with van der Waals surface area (Å²) in [4.78, 5) is 3.82. The summed E-state index contributed by atoms with van der Waals surface area (Å²) in [6.45, 7) is 5.34. The third-order valence-corrected chi connectivity index (χ3v) is 10.9. The van der Waals surface area contributed by atoms with Crippen LogP contribution in [0.15, 0.2) is 36.7 Å². The molecule has 0 aliphatic carbocycles. The van der Waals surface area contributed by atoms with Crippen molar-refractivity contribution in [2.75, 3.05) is 0 Å². The van der Waals surface area contributed by atoms with Crippen molar-refractivity contribution in [1.82, 2.24) is 4.98 Å². The van der Waals surface area contributed by atoms with Gasteiger partial charge in [-0.3, -0.25) is 0 Å². The van der Waals surface area contributed by atoms with Crippen LogP contribution < -0.4 is 0 Å². The van der Waals surface area contributed by atoms with Crippen LogP contribution in [0.1, 0.15) is 16.7 Å². The van der Waals surface area contributed by atoms with E-state index in [1.807, 2.05) is 6.92 Å². The summed E-state index contributed by atoms with van der Waals surface area (Å²) in [5.74, 6) is 0. The predicted octanol–water partition coefficient (Wildman–Crippen LogP) is 4.33. The summed E-state index contributed by atoms with van der Waals surface area (Å²) in [6.07, 6.45) is 2.81. The summed E-state index contributed by atoms with van der Waals surface area (Å²) in [6, 6.07) is 6.60. The Hall–Kier alpha value is -1.20. The molecule has 0 fully saturated rings. The topological polar surface area (TPSA) is 56.3 Å². The van der Waals surface area contributed by atoms with Gasteiger partial charge < -0.3 is 0 Å². The zero-order valence-electron chi connectivity index (χ0n) is 13.1. The molecular weight excluding hydrogens is 458 g/mol. The first-order valence-corrected chi connectivity index (χ1v) is 11.2. The average molecular weight is 473 g/mol. The number of aryl methyl sites for hydroxylation is 3. The van der Waals surface area contributed by atoms with E-state index in [1.165, 1.54) is 24.5 Å².